The van der Waals surface area contributed by atoms with E-state index in [1.807, 2.05) is 30.1 Å². The number of benzene rings is 2. The Morgan fingerprint density at radius 1 is 1.11 bits per heavy atom. The van der Waals surface area contributed by atoms with Crippen LogP contribution < -0.4 is 0 Å². The number of alkyl halides is 3. The Labute approximate surface area is 167 Å². The van der Waals surface area contributed by atoms with Crippen molar-refractivity contribution in [1.82, 2.24) is 4.90 Å². The van der Waals surface area contributed by atoms with Gasteiger partial charge in [-0.1, -0.05) is 42.8 Å². The number of carbonyl (C=O) groups is 1. The standard InChI is InChI=1S/C22H21ClF3NO/c1-21-10-9-20(28)27(2)19(21)8-5-15-11-13(3-6-16(15)21)14-4-7-18(23)17(12-14)22(24,25)26/h3-4,6-7,11-12,19H,5,8-10H2,1-2H3/t19-,21-/m1/s1. The van der Waals surface area contributed by atoms with Crippen LogP contribution in [-0.4, -0.2) is 23.9 Å². The molecule has 1 saturated heterocycles. The van der Waals surface area contributed by atoms with Crippen molar-refractivity contribution in [2.45, 2.75) is 50.2 Å². The van der Waals surface area contributed by atoms with E-state index in [1.165, 1.54) is 11.6 Å². The molecule has 0 radical (unpaired) electrons. The lowest BCUT2D eigenvalue weighted by Gasteiger charge is -2.50. The maximum Gasteiger partial charge on any atom is 0.417 e. The van der Waals surface area contributed by atoms with Gasteiger partial charge in [0.1, 0.15) is 0 Å². The van der Waals surface area contributed by atoms with E-state index in [4.69, 9.17) is 11.6 Å². The van der Waals surface area contributed by atoms with Crippen LogP contribution >= 0.6 is 11.6 Å². The Kier molecular flexibility index (Phi) is 4.49. The Morgan fingerprint density at radius 2 is 1.79 bits per heavy atom. The van der Waals surface area contributed by atoms with Gasteiger partial charge in [0.05, 0.1) is 10.6 Å². The number of nitrogens with zero attached hydrogens (tertiary/aromatic N) is 1. The van der Waals surface area contributed by atoms with Crippen molar-refractivity contribution in [2.75, 3.05) is 7.05 Å². The summed E-state index contributed by atoms with van der Waals surface area (Å²) >= 11 is 5.75. The van der Waals surface area contributed by atoms with Gasteiger partial charge in [-0.15, -0.1) is 0 Å². The molecular formula is C22H21ClF3NO. The average Bonchev–Trinajstić information content (AvgIpc) is 2.64. The van der Waals surface area contributed by atoms with Crippen molar-refractivity contribution in [3.63, 3.8) is 0 Å². The second kappa shape index (κ2) is 6.51. The molecule has 1 aliphatic carbocycles. The Bertz CT molecular complexity index is 955. The largest absolute Gasteiger partial charge is 0.417 e. The molecule has 1 aliphatic heterocycles. The van der Waals surface area contributed by atoms with E-state index in [2.05, 4.69) is 6.92 Å². The van der Waals surface area contributed by atoms with Gasteiger partial charge in [-0.05, 0) is 53.6 Å². The number of likely N-dealkylation sites (tertiary alicyclic amines) is 1. The molecule has 6 heteroatoms. The number of hydrogen-bond donors (Lipinski definition) is 0. The van der Waals surface area contributed by atoms with E-state index >= 15 is 0 Å². The summed E-state index contributed by atoms with van der Waals surface area (Å²) in [7, 11) is 1.87. The molecule has 2 aliphatic rings. The molecule has 2 nitrogen and oxygen atoms in total. The molecule has 1 heterocycles. The number of rotatable bonds is 1. The normalized spacial score (nSPS) is 24.7. The van der Waals surface area contributed by atoms with Gasteiger partial charge in [-0.2, -0.15) is 13.2 Å². The van der Waals surface area contributed by atoms with Gasteiger partial charge in [0.2, 0.25) is 5.91 Å². The highest BCUT2D eigenvalue weighted by Crippen LogP contribution is 2.46. The maximum absolute atomic E-state index is 13.2. The Hall–Kier alpha value is -2.01. The summed E-state index contributed by atoms with van der Waals surface area (Å²) in [6, 6.07) is 10.1. The van der Waals surface area contributed by atoms with Crippen molar-refractivity contribution < 1.29 is 18.0 Å². The molecule has 0 spiro atoms. The number of carbonyl (C=O) groups excluding carboxylic acids is 1. The van der Waals surface area contributed by atoms with E-state index in [9.17, 15) is 18.0 Å². The van der Waals surface area contributed by atoms with Crippen LogP contribution in [0.3, 0.4) is 0 Å². The van der Waals surface area contributed by atoms with Crippen molar-refractivity contribution >= 4 is 17.5 Å². The average molecular weight is 408 g/mol. The smallest absolute Gasteiger partial charge is 0.342 e. The highest BCUT2D eigenvalue weighted by Gasteiger charge is 2.46. The van der Waals surface area contributed by atoms with Crippen molar-refractivity contribution in [1.29, 1.82) is 0 Å². The molecule has 0 saturated carbocycles. The van der Waals surface area contributed by atoms with Crippen LogP contribution in [0.2, 0.25) is 5.02 Å². The highest BCUT2D eigenvalue weighted by molar-refractivity contribution is 6.31. The second-order valence-electron chi connectivity index (χ2n) is 8.04. The van der Waals surface area contributed by atoms with E-state index < -0.39 is 11.7 Å². The number of aryl methyl sites for hydroxylation is 1. The molecule has 0 N–H and O–H groups in total. The first-order valence-corrected chi connectivity index (χ1v) is 9.75. The Morgan fingerprint density at radius 3 is 2.50 bits per heavy atom. The first-order valence-electron chi connectivity index (χ1n) is 9.37. The number of amides is 1. The molecule has 2 atom stereocenters. The summed E-state index contributed by atoms with van der Waals surface area (Å²) in [4.78, 5) is 14.0. The zero-order chi connectivity index (χ0) is 20.3. The summed E-state index contributed by atoms with van der Waals surface area (Å²) in [5, 5.41) is -0.292. The molecule has 28 heavy (non-hydrogen) atoms. The van der Waals surface area contributed by atoms with Crippen molar-refractivity contribution in [3.8, 4) is 11.1 Å². The lowest BCUT2D eigenvalue weighted by Crippen LogP contribution is -2.56. The molecular weight excluding hydrogens is 387 g/mol. The summed E-state index contributed by atoms with van der Waals surface area (Å²) in [5.41, 5.74) is 2.68. The van der Waals surface area contributed by atoms with Crippen LogP contribution in [-0.2, 0) is 22.8 Å². The van der Waals surface area contributed by atoms with Crippen molar-refractivity contribution in [3.05, 3.63) is 58.1 Å². The van der Waals surface area contributed by atoms with Crippen LogP contribution in [0.15, 0.2) is 36.4 Å². The van der Waals surface area contributed by atoms with Crippen LogP contribution in [0.25, 0.3) is 11.1 Å². The first-order chi connectivity index (χ1) is 13.1. The third-order valence-corrected chi connectivity index (χ3v) is 6.80. The minimum absolute atomic E-state index is 0.119. The predicted octanol–water partition coefficient (Wildman–Crippen LogP) is 5.85. The van der Waals surface area contributed by atoms with Gasteiger partial charge in [0, 0.05) is 24.9 Å². The van der Waals surface area contributed by atoms with Gasteiger partial charge in [0.15, 0.2) is 0 Å². The van der Waals surface area contributed by atoms with Crippen LogP contribution in [0.5, 0.6) is 0 Å². The van der Waals surface area contributed by atoms with E-state index in [0.29, 0.717) is 12.0 Å². The fourth-order valence-corrected chi connectivity index (χ4v) is 5.11. The molecule has 1 amide bonds. The van der Waals surface area contributed by atoms with Crippen molar-refractivity contribution in [2.24, 2.45) is 0 Å². The van der Waals surface area contributed by atoms with Gasteiger partial charge >= 0.3 is 6.18 Å². The third kappa shape index (κ3) is 3.00. The summed E-state index contributed by atoms with van der Waals surface area (Å²) in [6.07, 6.45) is -1.49. The molecule has 0 bridgehead atoms. The molecule has 4 rings (SSSR count). The summed E-state index contributed by atoms with van der Waals surface area (Å²) in [5.74, 6) is 0.184. The molecule has 2 aromatic carbocycles. The quantitative estimate of drug-likeness (QED) is 0.580. The van der Waals surface area contributed by atoms with Crippen LogP contribution in [0.4, 0.5) is 13.2 Å². The molecule has 0 aromatic heterocycles. The van der Waals surface area contributed by atoms with Crippen LogP contribution in [0.1, 0.15) is 42.9 Å². The van der Waals surface area contributed by atoms with Gasteiger partial charge in [-0.25, -0.2) is 0 Å². The monoisotopic (exact) mass is 407 g/mol. The minimum atomic E-state index is -4.48. The highest BCUT2D eigenvalue weighted by atomic mass is 35.5. The zero-order valence-electron chi connectivity index (χ0n) is 15.7. The van der Waals surface area contributed by atoms with Crippen LogP contribution in [0, 0.1) is 0 Å². The molecule has 2 aromatic rings. The van der Waals surface area contributed by atoms with Gasteiger partial charge in [0.25, 0.3) is 0 Å². The zero-order valence-corrected chi connectivity index (χ0v) is 16.5. The summed E-state index contributed by atoms with van der Waals surface area (Å²) < 4.78 is 39.6. The topological polar surface area (TPSA) is 20.3 Å². The Balaban J connectivity index is 1.75. The van der Waals surface area contributed by atoms with E-state index in [0.717, 1.165) is 36.5 Å². The fraction of sp³-hybridized carbons (Fsp3) is 0.409. The number of fused-ring (bicyclic) bond motifs is 3. The lowest BCUT2D eigenvalue weighted by atomic mass is 9.63. The number of piperidine rings is 1. The first kappa shape index (κ1) is 19.3. The SMILES string of the molecule is CN1C(=O)CC[C@]2(C)c3ccc(-c4ccc(Cl)c(C(F)(F)F)c4)cc3CC[C@@H]12. The predicted molar refractivity (Wildman–Crippen MR) is 103 cm³/mol. The number of halogens is 4. The number of hydrogen-bond acceptors (Lipinski definition) is 1. The van der Waals surface area contributed by atoms with E-state index in [-0.39, 0.29) is 22.4 Å². The van der Waals surface area contributed by atoms with Gasteiger partial charge < -0.3 is 4.90 Å². The molecule has 148 valence electrons. The maximum atomic E-state index is 13.2. The fourth-order valence-electron chi connectivity index (χ4n) is 4.89. The van der Waals surface area contributed by atoms with Gasteiger partial charge in [-0.3, -0.25) is 4.79 Å². The third-order valence-electron chi connectivity index (χ3n) is 6.47. The minimum Gasteiger partial charge on any atom is -0.342 e. The van der Waals surface area contributed by atoms with E-state index in [1.54, 1.807) is 6.07 Å². The molecule has 1 fully saturated rings. The number of likely N-dealkylation sites (N-methyl/N-ethyl adjacent to an activating group) is 1. The molecule has 0 unspecified atom stereocenters. The summed E-state index contributed by atoms with van der Waals surface area (Å²) in [6.45, 7) is 2.20. The lowest BCUT2D eigenvalue weighted by molar-refractivity contribution is -0.138. The second-order valence-corrected chi connectivity index (χ2v) is 8.45.